The lowest BCUT2D eigenvalue weighted by Crippen LogP contribution is -2.42. The highest BCUT2D eigenvalue weighted by Gasteiger charge is 2.18. The Morgan fingerprint density at radius 2 is 1.95 bits per heavy atom. The maximum Gasteiger partial charge on any atom is 0.225 e. The van der Waals surface area contributed by atoms with Crippen LogP contribution in [0.3, 0.4) is 0 Å². The second kappa shape index (κ2) is 5.87. The zero-order valence-corrected chi connectivity index (χ0v) is 12.6. The Balaban J connectivity index is 1.97. The smallest absolute Gasteiger partial charge is 0.225 e. The molecule has 0 radical (unpaired) electrons. The monoisotopic (exact) mass is 262 g/mol. The van der Waals surface area contributed by atoms with E-state index in [1.807, 2.05) is 12.4 Å². The van der Waals surface area contributed by atoms with Gasteiger partial charge in [0.1, 0.15) is 0 Å². The minimum atomic E-state index is 0.113. The van der Waals surface area contributed by atoms with E-state index in [-0.39, 0.29) is 5.41 Å². The topological polar surface area (TPSA) is 41.0 Å². The van der Waals surface area contributed by atoms with Crippen LogP contribution in [0.1, 0.15) is 45.6 Å². The average Bonchev–Trinajstić information content (AvgIpc) is 2.39. The van der Waals surface area contributed by atoms with Crippen molar-refractivity contribution >= 4 is 5.95 Å². The number of hydrogen-bond acceptors (Lipinski definition) is 4. The normalized spacial score (nSPS) is 20.3. The molecule has 1 aromatic rings. The summed E-state index contributed by atoms with van der Waals surface area (Å²) in [5.74, 6) is 0.820. The third-order valence-corrected chi connectivity index (χ3v) is 3.75. The molecule has 1 aliphatic heterocycles. The van der Waals surface area contributed by atoms with Gasteiger partial charge in [0.05, 0.1) is 0 Å². The van der Waals surface area contributed by atoms with Crippen molar-refractivity contribution in [2.45, 2.75) is 51.5 Å². The van der Waals surface area contributed by atoms with Crippen LogP contribution >= 0.6 is 0 Å². The molecule has 0 aliphatic carbocycles. The van der Waals surface area contributed by atoms with Crippen molar-refractivity contribution in [2.75, 3.05) is 25.0 Å². The predicted octanol–water partition coefficient (Wildman–Crippen LogP) is 2.35. The van der Waals surface area contributed by atoms with Crippen LogP contribution in [0.15, 0.2) is 12.4 Å². The molecule has 19 heavy (non-hydrogen) atoms. The Bertz CT molecular complexity index is 388. The summed E-state index contributed by atoms with van der Waals surface area (Å²) in [6.07, 6.45) is 7.79. The van der Waals surface area contributed by atoms with Gasteiger partial charge in [-0.1, -0.05) is 27.2 Å². The molecule has 1 fully saturated rings. The van der Waals surface area contributed by atoms with Crippen molar-refractivity contribution < 1.29 is 0 Å². The van der Waals surface area contributed by atoms with E-state index in [0.29, 0.717) is 6.04 Å². The number of hydrogen-bond donors (Lipinski definition) is 1. The fourth-order valence-electron chi connectivity index (χ4n) is 2.40. The minimum Gasteiger partial charge on any atom is -0.342 e. The van der Waals surface area contributed by atoms with Gasteiger partial charge in [0.2, 0.25) is 5.95 Å². The summed E-state index contributed by atoms with van der Waals surface area (Å²) >= 11 is 0. The van der Waals surface area contributed by atoms with Gasteiger partial charge in [-0.15, -0.1) is 0 Å². The molecule has 106 valence electrons. The summed E-state index contributed by atoms with van der Waals surface area (Å²) in [5.41, 5.74) is 1.29. The highest BCUT2D eigenvalue weighted by molar-refractivity contribution is 5.30. The van der Waals surface area contributed by atoms with Crippen LogP contribution in [-0.4, -0.2) is 36.1 Å². The Morgan fingerprint density at radius 3 is 2.47 bits per heavy atom. The summed E-state index contributed by atoms with van der Waals surface area (Å²) < 4.78 is 0. The van der Waals surface area contributed by atoms with Gasteiger partial charge in [-0.2, -0.15) is 0 Å². The summed E-state index contributed by atoms with van der Waals surface area (Å²) in [7, 11) is 2.07. The summed E-state index contributed by atoms with van der Waals surface area (Å²) in [5, 5.41) is 3.56. The molecule has 0 aromatic carbocycles. The first-order valence-electron chi connectivity index (χ1n) is 7.24. The Kier molecular flexibility index (Phi) is 4.40. The molecule has 1 atom stereocenters. The second-order valence-electron chi connectivity index (χ2n) is 6.55. The zero-order chi connectivity index (χ0) is 13.9. The first kappa shape index (κ1) is 14.3. The minimum absolute atomic E-state index is 0.113. The van der Waals surface area contributed by atoms with E-state index in [1.165, 1.54) is 24.8 Å². The number of piperidine rings is 1. The van der Waals surface area contributed by atoms with Crippen LogP contribution in [0.2, 0.25) is 0 Å². The van der Waals surface area contributed by atoms with Crippen LogP contribution in [0.4, 0.5) is 5.95 Å². The van der Waals surface area contributed by atoms with Crippen molar-refractivity contribution in [3.63, 3.8) is 0 Å². The van der Waals surface area contributed by atoms with E-state index in [4.69, 9.17) is 0 Å². The molecular formula is C15H26N4. The van der Waals surface area contributed by atoms with Gasteiger partial charge in [0.25, 0.3) is 0 Å². The van der Waals surface area contributed by atoms with E-state index in [2.05, 4.69) is 48.0 Å². The Morgan fingerprint density at radius 1 is 1.26 bits per heavy atom. The maximum atomic E-state index is 4.50. The third kappa shape index (κ3) is 3.90. The number of nitrogens with one attached hydrogen (secondary N) is 1. The fourth-order valence-corrected chi connectivity index (χ4v) is 2.40. The molecule has 4 heteroatoms. The lowest BCUT2D eigenvalue weighted by Gasteiger charge is -2.28. The lowest BCUT2D eigenvalue weighted by atomic mass is 9.89. The molecule has 1 unspecified atom stereocenters. The van der Waals surface area contributed by atoms with Crippen LogP contribution in [0.5, 0.6) is 0 Å². The largest absolute Gasteiger partial charge is 0.342 e. The molecule has 2 rings (SSSR count). The standard InChI is InChI=1S/C15H26N4/c1-15(2,3)12-9-17-14(18-10-12)19(4)11-13-7-5-6-8-16-13/h9-10,13,16H,5-8,11H2,1-4H3. The summed E-state index contributed by atoms with van der Waals surface area (Å²) in [4.78, 5) is 11.1. The number of nitrogens with zero attached hydrogens (tertiary/aromatic N) is 3. The quantitative estimate of drug-likeness (QED) is 0.908. The first-order valence-corrected chi connectivity index (χ1v) is 7.24. The van der Waals surface area contributed by atoms with E-state index < -0.39 is 0 Å². The highest BCUT2D eigenvalue weighted by Crippen LogP contribution is 2.21. The molecule has 1 saturated heterocycles. The average molecular weight is 262 g/mol. The number of aromatic nitrogens is 2. The molecule has 0 saturated carbocycles. The third-order valence-electron chi connectivity index (χ3n) is 3.75. The molecule has 4 nitrogen and oxygen atoms in total. The predicted molar refractivity (Wildman–Crippen MR) is 79.6 cm³/mol. The van der Waals surface area contributed by atoms with E-state index in [0.717, 1.165) is 19.0 Å². The number of rotatable bonds is 3. The van der Waals surface area contributed by atoms with Gasteiger partial charge in [0, 0.05) is 32.0 Å². The number of likely N-dealkylation sites (N-methyl/N-ethyl adjacent to an activating group) is 1. The molecule has 1 aromatic heterocycles. The second-order valence-corrected chi connectivity index (χ2v) is 6.55. The fraction of sp³-hybridized carbons (Fsp3) is 0.733. The summed E-state index contributed by atoms with van der Waals surface area (Å²) in [6, 6.07) is 0.574. The van der Waals surface area contributed by atoms with Crippen molar-refractivity contribution in [2.24, 2.45) is 0 Å². The van der Waals surface area contributed by atoms with Gasteiger partial charge in [-0.05, 0) is 30.4 Å². The zero-order valence-electron chi connectivity index (χ0n) is 12.6. The van der Waals surface area contributed by atoms with Crippen LogP contribution in [0.25, 0.3) is 0 Å². The number of anilines is 1. The van der Waals surface area contributed by atoms with Gasteiger partial charge >= 0.3 is 0 Å². The lowest BCUT2D eigenvalue weighted by molar-refractivity contribution is 0.402. The molecule has 1 N–H and O–H groups in total. The van der Waals surface area contributed by atoms with Crippen molar-refractivity contribution in [1.82, 2.24) is 15.3 Å². The van der Waals surface area contributed by atoms with Crippen molar-refractivity contribution in [3.8, 4) is 0 Å². The molecule has 0 amide bonds. The first-order chi connectivity index (χ1) is 8.97. The van der Waals surface area contributed by atoms with Gasteiger partial charge in [-0.25, -0.2) is 9.97 Å². The molecular weight excluding hydrogens is 236 g/mol. The SMILES string of the molecule is CN(CC1CCCCN1)c1ncc(C(C)(C)C)cn1. The van der Waals surface area contributed by atoms with Gasteiger partial charge in [0.15, 0.2) is 0 Å². The Hall–Kier alpha value is -1.16. The highest BCUT2D eigenvalue weighted by atomic mass is 15.2. The Labute approximate surface area is 116 Å². The van der Waals surface area contributed by atoms with Crippen LogP contribution < -0.4 is 10.2 Å². The molecule has 2 heterocycles. The van der Waals surface area contributed by atoms with Crippen LogP contribution in [0, 0.1) is 0 Å². The van der Waals surface area contributed by atoms with Gasteiger partial charge < -0.3 is 10.2 Å². The van der Waals surface area contributed by atoms with Crippen molar-refractivity contribution in [1.29, 1.82) is 0 Å². The maximum absolute atomic E-state index is 4.50. The van der Waals surface area contributed by atoms with Gasteiger partial charge in [-0.3, -0.25) is 0 Å². The van der Waals surface area contributed by atoms with Crippen LogP contribution in [-0.2, 0) is 5.41 Å². The van der Waals surface area contributed by atoms with E-state index in [1.54, 1.807) is 0 Å². The molecule has 1 aliphatic rings. The van der Waals surface area contributed by atoms with Crippen molar-refractivity contribution in [3.05, 3.63) is 18.0 Å². The van der Waals surface area contributed by atoms with E-state index in [9.17, 15) is 0 Å². The van der Waals surface area contributed by atoms with E-state index >= 15 is 0 Å². The summed E-state index contributed by atoms with van der Waals surface area (Å²) in [6.45, 7) is 8.67. The molecule has 0 spiro atoms. The molecule has 0 bridgehead atoms.